The van der Waals surface area contributed by atoms with E-state index in [-0.39, 0.29) is 0 Å². The molecule has 84 valence electrons. The first-order valence-electron chi connectivity index (χ1n) is 5.11. The van der Waals surface area contributed by atoms with E-state index >= 15 is 0 Å². The van der Waals surface area contributed by atoms with Gasteiger partial charge in [0.05, 0.1) is 5.52 Å². The number of nitrogens with two attached hydrogens (primary N) is 1. The minimum atomic E-state index is 0.507. The average Bonchev–Trinajstić information content (AvgIpc) is 2.35. The highest BCUT2D eigenvalue weighted by Gasteiger charge is 2.00. The molecule has 5 heteroatoms. The third kappa shape index (κ3) is 2.20. The predicted molar refractivity (Wildman–Crippen MR) is 63.6 cm³/mol. The number of aromatic nitrogens is 2. The maximum absolute atomic E-state index is 5.42. The van der Waals surface area contributed by atoms with Gasteiger partial charge in [0.1, 0.15) is 12.4 Å². The second kappa shape index (κ2) is 4.76. The van der Waals surface area contributed by atoms with Gasteiger partial charge in [-0.3, -0.25) is 0 Å². The molecule has 0 spiro atoms. The van der Waals surface area contributed by atoms with Gasteiger partial charge in [0.2, 0.25) is 5.95 Å². The Kier molecular flexibility index (Phi) is 3.16. The summed E-state index contributed by atoms with van der Waals surface area (Å²) >= 11 is 0. The van der Waals surface area contributed by atoms with E-state index in [0.29, 0.717) is 19.1 Å². The van der Waals surface area contributed by atoms with Gasteiger partial charge in [0.25, 0.3) is 0 Å². The molecule has 0 atom stereocenters. The van der Waals surface area contributed by atoms with Crippen LogP contribution >= 0.6 is 0 Å². The zero-order valence-electron chi connectivity index (χ0n) is 9.10. The molecule has 16 heavy (non-hydrogen) atoms. The summed E-state index contributed by atoms with van der Waals surface area (Å²) in [5.74, 6) is 1.40. The molecule has 0 amide bonds. The number of ether oxygens (including phenoxy) is 1. The number of hydrogen-bond donors (Lipinski definition) is 2. The molecule has 0 aliphatic heterocycles. The van der Waals surface area contributed by atoms with Crippen molar-refractivity contribution in [3.8, 4) is 5.75 Å². The highest BCUT2D eigenvalue weighted by molar-refractivity contribution is 5.80. The average molecular weight is 218 g/mol. The monoisotopic (exact) mass is 218 g/mol. The van der Waals surface area contributed by atoms with Crippen molar-refractivity contribution in [2.75, 3.05) is 25.5 Å². The van der Waals surface area contributed by atoms with Crippen molar-refractivity contribution in [3.05, 3.63) is 24.4 Å². The highest BCUT2D eigenvalue weighted by atomic mass is 16.5. The molecule has 0 unspecified atom stereocenters. The number of nitrogens with one attached hydrogen (secondary N) is 1. The van der Waals surface area contributed by atoms with Crippen LogP contribution in [0, 0.1) is 0 Å². The quantitative estimate of drug-likeness (QED) is 0.801. The fourth-order valence-electron chi connectivity index (χ4n) is 1.40. The number of anilines is 1. The first kappa shape index (κ1) is 10.6. The second-order valence-electron chi connectivity index (χ2n) is 3.30. The summed E-state index contributed by atoms with van der Waals surface area (Å²) in [5.41, 5.74) is 6.26. The second-order valence-corrected chi connectivity index (χ2v) is 3.30. The molecular formula is C11H14N4O. The van der Waals surface area contributed by atoms with E-state index in [4.69, 9.17) is 10.5 Å². The molecule has 1 heterocycles. The summed E-state index contributed by atoms with van der Waals surface area (Å²) in [6, 6.07) is 5.69. The van der Waals surface area contributed by atoms with E-state index < -0.39 is 0 Å². The van der Waals surface area contributed by atoms with Crippen LogP contribution in [0.4, 0.5) is 5.95 Å². The minimum absolute atomic E-state index is 0.507. The third-order valence-electron chi connectivity index (χ3n) is 2.16. The lowest BCUT2D eigenvalue weighted by Crippen LogP contribution is -2.10. The molecule has 1 aromatic carbocycles. The van der Waals surface area contributed by atoms with E-state index in [0.717, 1.165) is 16.7 Å². The minimum Gasteiger partial charge on any atom is -0.492 e. The van der Waals surface area contributed by atoms with E-state index in [9.17, 15) is 0 Å². The summed E-state index contributed by atoms with van der Waals surface area (Å²) < 4.78 is 5.42. The number of rotatable bonds is 4. The largest absolute Gasteiger partial charge is 0.492 e. The zero-order chi connectivity index (χ0) is 11.4. The van der Waals surface area contributed by atoms with Crippen LogP contribution in [0.25, 0.3) is 10.9 Å². The summed E-state index contributed by atoms with van der Waals surface area (Å²) in [7, 11) is 1.79. The van der Waals surface area contributed by atoms with Gasteiger partial charge in [-0.05, 0) is 18.2 Å². The number of hydrogen-bond acceptors (Lipinski definition) is 5. The summed E-state index contributed by atoms with van der Waals surface area (Å²) in [6.07, 6.45) is 1.77. The van der Waals surface area contributed by atoms with Crippen LogP contribution in [0.15, 0.2) is 24.4 Å². The molecule has 0 fully saturated rings. The Hall–Kier alpha value is -1.88. The maximum Gasteiger partial charge on any atom is 0.222 e. The van der Waals surface area contributed by atoms with Crippen LogP contribution in [0.3, 0.4) is 0 Å². The SMILES string of the molecule is CNc1ncc2cc(OCCN)ccc2n1. The van der Waals surface area contributed by atoms with E-state index in [1.807, 2.05) is 18.2 Å². The van der Waals surface area contributed by atoms with Gasteiger partial charge in [-0.1, -0.05) is 0 Å². The molecule has 0 aliphatic carbocycles. The summed E-state index contributed by atoms with van der Waals surface area (Å²) in [6.45, 7) is 1.02. The lowest BCUT2D eigenvalue weighted by atomic mass is 10.2. The van der Waals surface area contributed by atoms with Gasteiger partial charge in [0.15, 0.2) is 0 Å². The highest BCUT2D eigenvalue weighted by Crippen LogP contribution is 2.19. The third-order valence-corrected chi connectivity index (χ3v) is 2.16. The van der Waals surface area contributed by atoms with Gasteiger partial charge in [0, 0.05) is 25.2 Å². The molecule has 0 aliphatic rings. The van der Waals surface area contributed by atoms with Crippen molar-refractivity contribution >= 4 is 16.9 Å². The van der Waals surface area contributed by atoms with Crippen LogP contribution in [0.2, 0.25) is 0 Å². The molecule has 2 aromatic rings. The zero-order valence-corrected chi connectivity index (χ0v) is 9.10. The van der Waals surface area contributed by atoms with Gasteiger partial charge < -0.3 is 15.8 Å². The Balaban J connectivity index is 2.32. The van der Waals surface area contributed by atoms with E-state index in [1.54, 1.807) is 13.2 Å². The van der Waals surface area contributed by atoms with E-state index in [1.165, 1.54) is 0 Å². The first-order valence-corrected chi connectivity index (χ1v) is 5.11. The maximum atomic E-state index is 5.42. The predicted octanol–water partition coefficient (Wildman–Crippen LogP) is 1.01. The van der Waals surface area contributed by atoms with Gasteiger partial charge in [-0.25, -0.2) is 9.97 Å². The molecule has 5 nitrogen and oxygen atoms in total. The molecule has 0 saturated heterocycles. The smallest absolute Gasteiger partial charge is 0.222 e. The van der Waals surface area contributed by atoms with Gasteiger partial charge in [-0.15, -0.1) is 0 Å². The number of fused-ring (bicyclic) bond motifs is 1. The number of nitrogens with zero attached hydrogens (tertiary/aromatic N) is 2. The standard InChI is InChI=1S/C11H14N4O/c1-13-11-14-7-8-6-9(16-5-4-12)2-3-10(8)15-11/h2-3,6-7H,4-5,12H2,1H3,(H,13,14,15). The number of benzene rings is 1. The normalized spacial score (nSPS) is 10.4. The van der Waals surface area contributed by atoms with Crippen molar-refractivity contribution in [3.63, 3.8) is 0 Å². The summed E-state index contributed by atoms with van der Waals surface area (Å²) in [4.78, 5) is 8.46. The van der Waals surface area contributed by atoms with Crippen LogP contribution in [0.5, 0.6) is 5.75 Å². The molecule has 2 rings (SSSR count). The van der Waals surface area contributed by atoms with Gasteiger partial charge in [-0.2, -0.15) is 0 Å². The molecule has 3 N–H and O–H groups in total. The Morgan fingerprint density at radius 3 is 3.06 bits per heavy atom. The fourth-order valence-corrected chi connectivity index (χ4v) is 1.40. The van der Waals surface area contributed by atoms with Crippen LogP contribution in [0.1, 0.15) is 0 Å². The van der Waals surface area contributed by atoms with Crippen molar-refractivity contribution in [1.29, 1.82) is 0 Å². The van der Waals surface area contributed by atoms with Crippen LogP contribution < -0.4 is 15.8 Å². The molecule has 1 aromatic heterocycles. The van der Waals surface area contributed by atoms with Crippen molar-refractivity contribution in [1.82, 2.24) is 9.97 Å². The molecular weight excluding hydrogens is 204 g/mol. The summed E-state index contributed by atoms with van der Waals surface area (Å²) in [5, 5.41) is 3.85. The topological polar surface area (TPSA) is 73.1 Å². The Bertz CT molecular complexity index is 486. The molecule has 0 radical (unpaired) electrons. The van der Waals surface area contributed by atoms with Crippen molar-refractivity contribution in [2.24, 2.45) is 5.73 Å². The molecule has 0 saturated carbocycles. The fraction of sp³-hybridized carbons (Fsp3) is 0.273. The Labute approximate surface area is 93.7 Å². The van der Waals surface area contributed by atoms with Gasteiger partial charge >= 0.3 is 0 Å². The lowest BCUT2D eigenvalue weighted by Gasteiger charge is -2.06. The molecule has 0 bridgehead atoms. The van der Waals surface area contributed by atoms with Crippen LogP contribution in [-0.4, -0.2) is 30.2 Å². The van der Waals surface area contributed by atoms with Crippen LogP contribution in [-0.2, 0) is 0 Å². The van der Waals surface area contributed by atoms with Crippen molar-refractivity contribution < 1.29 is 4.74 Å². The van der Waals surface area contributed by atoms with E-state index in [2.05, 4.69) is 15.3 Å². The Morgan fingerprint density at radius 1 is 1.44 bits per heavy atom. The van der Waals surface area contributed by atoms with Crippen molar-refractivity contribution in [2.45, 2.75) is 0 Å². The lowest BCUT2D eigenvalue weighted by molar-refractivity contribution is 0.329. The first-order chi connectivity index (χ1) is 7.83. The Morgan fingerprint density at radius 2 is 2.31 bits per heavy atom.